The molecular weight excluding hydrogens is 300 g/mol. The minimum Gasteiger partial charge on any atom is -0.493 e. The van der Waals surface area contributed by atoms with Gasteiger partial charge in [0.25, 0.3) is 0 Å². The van der Waals surface area contributed by atoms with Crippen molar-refractivity contribution in [2.45, 2.75) is 6.92 Å². The fraction of sp³-hybridized carbons (Fsp3) is 0.176. The van der Waals surface area contributed by atoms with Crippen LogP contribution in [0.15, 0.2) is 36.4 Å². The van der Waals surface area contributed by atoms with E-state index in [4.69, 9.17) is 21.1 Å². The molecule has 0 aliphatic carbocycles. The Bertz CT molecular complexity index is 849. The lowest BCUT2D eigenvalue weighted by molar-refractivity contribution is 0.356. The van der Waals surface area contributed by atoms with E-state index in [0.29, 0.717) is 28.0 Å². The van der Waals surface area contributed by atoms with Crippen LogP contribution in [0.2, 0.25) is 5.15 Å². The predicted octanol–water partition coefficient (Wildman–Crippen LogP) is 4.28. The fourth-order valence-corrected chi connectivity index (χ4v) is 2.56. The van der Waals surface area contributed by atoms with Crippen LogP contribution >= 0.6 is 11.6 Å². The second kappa shape index (κ2) is 5.81. The van der Waals surface area contributed by atoms with Gasteiger partial charge in [0.05, 0.1) is 19.7 Å². The maximum Gasteiger partial charge on any atom is 0.162 e. The van der Waals surface area contributed by atoms with Crippen LogP contribution < -0.4 is 9.47 Å². The van der Waals surface area contributed by atoms with Crippen molar-refractivity contribution in [3.8, 4) is 22.9 Å². The van der Waals surface area contributed by atoms with Crippen molar-refractivity contribution in [1.29, 1.82) is 0 Å². The molecule has 0 fully saturated rings. The summed E-state index contributed by atoms with van der Waals surface area (Å²) in [6, 6.07) is 11.6. The molecule has 112 valence electrons. The number of benzene rings is 2. The zero-order chi connectivity index (χ0) is 15.7. The average Bonchev–Trinajstić information content (AvgIpc) is 2.53. The molecule has 0 radical (unpaired) electrons. The average molecular weight is 315 g/mol. The van der Waals surface area contributed by atoms with Crippen molar-refractivity contribution < 1.29 is 9.47 Å². The van der Waals surface area contributed by atoms with Crippen molar-refractivity contribution in [2.75, 3.05) is 14.2 Å². The third-order valence-corrected chi connectivity index (χ3v) is 3.72. The van der Waals surface area contributed by atoms with Gasteiger partial charge in [-0.15, -0.1) is 0 Å². The largest absolute Gasteiger partial charge is 0.493 e. The van der Waals surface area contributed by atoms with Crippen LogP contribution in [0.1, 0.15) is 5.56 Å². The predicted molar refractivity (Wildman–Crippen MR) is 87.8 cm³/mol. The Labute approximate surface area is 133 Å². The first-order valence-electron chi connectivity index (χ1n) is 6.78. The first-order chi connectivity index (χ1) is 10.6. The Balaban J connectivity index is 2.23. The Hall–Kier alpha value is -2.33. The highest BCUT2D eigenvalue weighted by Crippen LogP contribution is 2.34. The number of ether oxygens (including phenoxy) is 2. The summed E-state index contributed by atoms with van der Waals surface area (Å²) >= 11 is 6.33. The number of fused-ring (bicyclic) bond motifs is 1. The standard InChI is InChI=1S/C17H15ClN2O2/c1-10-5-4-6-11(7-10)17-19-13-9-15(22-3)14(21-2)8-12(13)16(18)20-17/h4-9H,1-3H3. The minimum absolute atomic E-state index is 0.391. The molecule has 4 nitrogen and oxygen atoms in total. The van der Waals surface area contributed by atoms with Crippen molar-refractivity contribution in [3.63, 3.8) is 0 Å². The highest BCUT2D eigenvalue weighted by atomic mass is 35.5. The molecule has 0 N–H and O–H groups in total. The molecule has 0 amide bonds. The monoisotopic (exact) mass is 314 g/mol. The molecule has 2 aromatic carbocycles. The Morgan fingerprint density at radius 2 is 1.68 bits per heavy atom. The molecule has 0 unspecified atom stereocenters. The van der Waals surface area contributed by atoms with Crippen molar-refractivity contribution in [3.05, 3.63) is 47.1 Å². The molecule has 0 aliphatic rings. The van der Waals surface area contributed by atoms with Gasteiger partial charge in [-0.3, -0.25) is 0 Å². The van der Waals surface area contributed by atoms with E-state index in [1.807, 2.05) is 31.2 Å². The zero-order valence-corrected chi connectivity index (χ0v) is 13.3. The normalized spacial score (nSPS) is 10.7. The van der Waals surface area contributed by atoms with E-state index >= 15 is 0 Å². The summed E-state index contributed by atoms with van der Waals surface area (Å²) in [5, 5.41) is 1.12. The van der Waals surface area contributed by atoms with Crippen molar-refractivity contribution in [1.82, 2.24) is 9.97 Å². The Morgan fingerprint density at radius 3 is 2.36 bits per heavy atom. The number of rotatable bonds is 3. The van der Waals surface area contributed by atoms with Crippen LogP contribution in [0.25, 0.3) is 22.3 Å². The van der Waals surface area contributed by atoms with Crippen molar-refractivity contribution >= 4 is 22.5 Å². The third kappa shape index (κ3) is 2.57. The van der Waals surface area contributed by atoms with Gasteiger partial charge in [-0.1, -0.05) is 35.4 Å². The van der Waals surface area contributed by atoms with E-state index in [-0.39, 0.29) is 0 Å². The van der Waals surface area contributed by atoms with E-state index in [1.54, 1.807) is 26.4 Å². The van der Waals surface area contributed by atoms with Gasteiger partial charge in [0, 0.05) is 17.0 Å². The van der Waals surface area contributed by atoms with Gasteiger partial charge in [0.15, 0.2) is 17.3 Å². The van der Waals surface area contributed by atoms with Crippen LogP contribution in [0.5, 0.6) is 11.5 Å². The molecule has 0 saturated carbocycles. The summed E-state index contributed by atoms with van der Waals surface area (Å²) < 4.78 is 10.6. The molecule has 0 aliphatic heterocycles. The van der Waals surface area contributed by atoms with Gasteiger partial charge < -0.3 is 9.47 Å². The van der Waals surface area contributed by atoms with E-state index in [2.05, 4.69) is 9.97 Å². The van der Waals surface area contributed by atoms with Crippen LogP contribution in [-0.4, -0.2) is 24.2 Å². The minimum atomic E-state index is 0.391. The molecule has 0 atom stereocenters. The number of halogens is 1. The molecule has 1 aromatic heterocycles. The number of aryl methyl sites for hydroxylation is 1. The molecule has 3 rings (SSSR count). The first kappa shape index (κ1) is 14.6. The maximum atomic E-state index is 6.33. The molecule has 3 aromatic rings. The van der Waals surface area contributed by atoms with E-state index in [0.717, 1.165) is 16.5 Å². The summed E-state index contributed by atoms with van der Waals surface area (Å²) in [6.07, 6.45) is 0. The van der Waals surface area contributed by atoms with Gasteiger partial charge >= 0.3 is 0 Å². The lowest BCUT2D eigenvalue weighted by atomic mass is 10.1. The number of nitrogens with zero attached hydrogens (tertiary/aromatic N) is 2. The van der Waals surface area contributed by atoms with Crippen LogP contribution in [-0.2, 0) is 0 Å². The topological polar surface area (TPSA) is 44.2 Å². The quantitative estimate of drug-likeness (QED) is 0.677. The molecule has 22 heavy (non-hydrogen) atoms. The summed E-state index contributed by atoms with van der Waals surface area (Å²) in [6.45, 7) is 2.03. The summed E-state index contributed by atoms with van der Waals surface area (Å²) in [7, 11) is 3.17. The van der Waals surface area contributed by atoms with Gasteiger partial charge in [0.1, 0.15) is 5.15 Å². The second-order valence-corrected chi connectivity index (χ2v) is 5.29. The van der Waals surface area contributed by atoms with E-state index < -0.39 is 0 Å². The van der Waals surface area contributed by atoms with Crippen LogP contribution in [0.3, 0.4) is 0 Å². The van der Waals surface area contributed by atoms with Gasteiger partial charge in [-0.05, 0) is 19.1 Å². The molecule has 0 spiro atoms. The molecule has 1 heterocycles. The van der Waals surface area contributed by atoms with Crippen LogP contribution in [0.4, 0.5) is 0 Å². The SMILES string of the molecule is COc1cc2nc(-c3cccc(C)c3)nc(Cl)c2cc1OC. The smallest absolute Gasteiger partial charge is 0.162 e. The highest BCUT2D eigenvalue weighted by Gasteiger charge is 2.13. The second-order valence-electron chi connectivity index (χ2n) is 4.93. The highest BCUT2D eigenvalue weighted by molar-refractivity contribution is 6.34. The van der Waals surface area contributed by atoms with Crippen LogP contribution in [0, 0.1) is 6.92 Å². The molecule has 5 heteroatoms. The maximum absolute atomic E-state index is 6.33. The third-order valence-electron chi connectivity index (χ3n) is 3.43. The number of hydrogen-bond acceptors (Lipinski definition) is 4. The van der Waals surface area contributed by atoms with Gasteiger partial charge in [0.2, 0.25) is 0 Å². The molecule has 0 saturated heterocycles. The number of methoxy groups -OCH3 is 2. The summed E-state index contributed by atoms with van der Waals surface area (Å²) in [5.41, 5.74) is 2.79. The Morgan fingerprint density at radius 1 is 0.955 bits per heavy atom. The van der Waals surface area contributed by atoms with Crippen molar-refractivity contribution in [2.24, 2.45) is 0 Å². The van der Waals surface area contributed by atoms with E-state index in [9.17, 15) is 0 Å². The first-order valence-corrected chi connectivity index (χ1v) is 7.16. The zero-order valence-electron chi connectivity index (χ0n) is 12.6. The lowest BCUT2D eigenvalue weighted by Crippen LogP contribution is -1.95. The Kier molecular flexibility index (Phi) is 3.86. The summed E-state index contributed by atoms with van der Waals surface area (Å²) in [4.78, 5) is 9.00. The molecular formula is C17H15ClN2O2. The fourth-order valence-electron chi connectivity index (χ4n) is 2.33. The lowest BCUT2D eigenvalue weighted by Gasteiger charge is -2.10. The number of hydrogen-bond donors (Lipinski definition) is 0. The van der Waals surface area contributed by atoms with Gasteiger partial charge in [-0.25, -0.2) is 9.97 Å². The summed E-state index contributed by atoms with van der Waals surface area (Å²) in [5.74, 6) is 1.80. The van der Waals surface area contributed by atoms with E-state index in [1.165, 1.54) is 0 Å². The molecule has 0 bridgehead atoms. The van der Waals surface area contributed by atoms with Gasteiger partial charge in [-0.2, -0.15) is 0 Å². The number of aromatic nitrogens is 2.